The van der Waals surface area contributed by atoms with Crippen molar-refractivity contribution in [2.75, 3.05) is 0 Å². The number of H-pyrrole nitrogens is 1. The summed E-state index contributed by atoms with van der Waals surface area (Å²) in [5, 5.41) is 6.42. The van der Waals surface area contributed by atoms with E-state index in [2.05, 4.69) is 10.2 Å². The Morgan fingerprint density at radius 3 is 2.26 bits per heavy atom. The van der Waals surface area contributed by atoms with Gasteiger partial charge in [-0.3, -0.25) is 4.79 Å². The van der Waals surface area contributed by atoms with Gasteiger partial charge in [0.1, 0.15) is 11.6 Å². The zero-order valence-electron chi connectivity index (χ0n) is 13.2. The van der Waals surface area contributed by atoms with Crippen molar-refractivity contribution in [2.24, 2.45) is 0 Å². The third kappa shape index (κ3) is 3.05. The predicted molar refractivity (Wildman–Crippen MR) is 85.4 cm³/mol. The number of aryl methyl sites for hydroxylation is 1. The Morgan fingerprint density at radius 2 is 1.65 bits per heavy atom. The SMILES string of the molecule is Cc1n[nH]c(=O)c(-c2c(F)cccc2F)c1C1CCCCCC1. The Morgan fingerprint density at radius 1 is 1.04 bits per heavy atom. The summed E-state index contributed by atoms with van der Waals surface area (Å²) in [5.41, 5.74) is 0.700. The number of benzene rings is 1. The van der Waals surface area contributed by atoms with Crippen molar-refractivity contribution in [1.29, 1.82) is 0 Å². The monoisotopic (exact) mass is 318 g/mol. The van der Waals surface area contributed by atoms with Crippen LogP contribution in [0.3, 0.4) is 0 Å². The molecule has 3 rings (SSSR count). The molecule has 1 aliphatic carbocycles. The van der Waals surface area contributed by atoms with E-state index in [-0.39, 0.29) is 17.0 Å². The molecule has 1 aliphatic rings. The molecule has 1 aromatic heterocycles. The number of aromatic amines is 1. The lowest BCUT2D eigenvalue weighted by Gasteiger charge is -2.20. The van der Waals surface area contributed by atoms with Crippen LogP contribution in [-0.2, 0) is 0 Å². The fourth-order valence-electron chi connectivity index (χ4n) is 3.61. The van der Waals surface area contributed by atoms with Crippen LogP contribution in [0.4, 0.5) is 8.78 Å². The second kappa shape index (κ2) is 6.60. The highest BCUT2D eigenvalue weighted by molar-refractivity contribution is 5.69. The minimum absolute atomic E-state index is 0.111. The van der Waals surface area contributed by atoms with Gasteiger partial charge in [-0.2, -0.15) is 5.10 Å². The van der Waals surface area contributed by atoms with E-state index in [0.717, 1.165) is 38.5 Å². The maximum Gasteiger partial charge on any atom is 0.272 e. The lowest BCUT2D eigenvalue weighted by molar-refractivity contribution is 0.574. The summed E-state index contributed by atoms with van der Waals surface area (Å²) in [6, 6.07) is 3.68. The van der Waals surface area contributed by atoms with Crippen molar-refractivity contribution in [3.63, 3.8) is 0 Å². The third-order valence-corrected chi connectivity index (χ3v) is 4.69. The first-order valence-corrected chi connectivity index (χ1v) is 8.13. The van der Waals surface area contributed by atoms with E-state index in [4.69, 9.17) is 0 Å². The molecule has 0 saturated heterocycles. The van der Waals surface area contributed by atoms with E-state index in [0.29, 0.717) is 11.3 Å². The van der Waals surface area contributed by atoms with E-state index in [1.807, 2.05) is 0 Å². The van der Waals surface area contributed by atoms with Gasteiger partial charge in [-0.1, -0.05) is 31.7 Å². The third-order valence-electron chi connectivity index (χ3n) is 4.69. The topological polar surface area (TPSA) is 45.8 Å². The Kier molecular flexibility index (Phi) is 4.55. The van der Waals surface area contributed by atoms with Gasteiger partial charge in [-0.05, 0) is 43.4 Å². The fourth-order valence-corrected chi connectivity index (χ4v) is 3.61. The van der Waals surface area contributed by atoms with Gasteiger partial charge in [0.25, 0.3) is 5.56 Å². The van der Waals surface area contributed by atoms with Crippen molar-refractivity contribution in [2.45, 2.75) is 51.4 Å². The number of halogens is 2. The van der Waals surface area contributed by atoms with Crippen LogP contribution in [0, 0.1) is 18.6 Å². The van der Waals surface area contributed by atoms with Crippen LogP contribution >= 0.6 is 0 Å². The van der Waals surface area contributed by atoms with Gasteiger partial charge in [0, 0.05) is 0 Å². The second-order valence-electron chi connectivity index (χ2n) is 6.21. The summed E-state index contributed by atoms with van der Waals surface area (Å²) in [4.78, 5) is 12.4. The van der Waals surface area contributed by atoms with Crippen LogP contribution < -0.4 is 5.56 Å². The minimum Gasteiger partial charge on any atom is -0.267 e. The van der Waals surface area contributed by atoms with Crippen LogP contribution in [0.15, 0.2) is 23.0 Å². The van der Waals surface area contributed by atoms with Gasteiger partial charge >= 0.3 is 0 Å². The molecule has 0 unspecified atom stereocenters. The zero-order valence-corrected chi connectivity index (χ0v) is 13.2. The van der Waals surface area contributed by atoms with Crippen LogP contribution in [0.5, 0.6) is 0 Å². The lowest BCUT2D eigenvalue weighted by atomic mass is 9.85. The molecule has 0 amide bonds. The van der Waals surface area contributed by atoms with Gasteiger partial charge in [-0.25, -0.2) is 13.9 Å². The molecule has 3 nitrogen and oxygen atoms in total. The molecule has 1 aromatic carbocycles. The standard InChI is InChI=1S/C18H20F2N2O/c1-11-15(12-7-4-2-3-5-8-12)17(18(23)22-21-11)16-13(19)9-6-10-14(16)20/h6,9-10,12H,2-5,7-8H2,1H3,(H,22,23). The van der Waals surface area contributed by atoms with E-state index in [1.165, 1.54) is 18.2 Å². The minimum atomic E-state index is -0.712. The van der Waals surface area contributed by atoms with Gasteiger partial charge in [0.05, 0.1) is 16.8 Å². The average molecular weight is 318 g/mol. The molecule has 0 atom stereocenters. The number of nitrogens with zero attached hydrogens (tertiary/aromatic N) is 1. The molecule has 0 bridgehead atoms. The first-order valence-electron chi connectivity index (χ1n) is 8.13. The summed E-state index contributed by atoms with van der Waals surface area (Å²) in [6.07, 6.45) is 6.31. The number of hydrogen-bond donors (Lipinski definition) is 1. The van der Waals surface area contributed by atoms with Crippen LogP contribution in [0.1, 0.15) is 55.7 Å². The van der Waals surface area contributed by atoms with Crippen molar-refractivity contribution >= 4 is 0 Å². The lowest BCUT2D eigenvalue weighted by Crippen LogP contribution is -2.19. The van der Waals surface area contributed by atoms with E-state index in [9.17, 15) is 13.6 Å². The largest absolute Gasteiger partial charge is 0.272 e. The zero-order chi connectivity index (χ0) is 16.4. The number of rotatable bonds is 2. The number of hydrogen-bond acceptors (Lipinski definition) is 2. The number of nitrogens with one attached hydrogen (secondary N) is 1. The maximum absolute atomic E-state index is 14.3. The first-order chi connectivity index (χ1) is 11.1. The van der Waals surface area contributed by atoms with Crippen molar-refractivity contribution in [3.8, 4) is 11.1 Å². The van der Waals surface area contributed by atoms with Gasteiger partial charge in [0.15, 0.2) is 0 Å². The van der Waals surface area contributed by atoms with E-state index >= 15 is 0 Å². The molecule has 1 heterocycles. The Labute approximate surface area is 133 Å². The molecule has 23 heavy (non-hydrogen) atoms. The molecular weight excluding hydrogens is 298 g/mol. The predicted octanol–water partition coefficient (Wildman–Crippen LogP) is 4.46. The molecular formula is C18H20F2N2O. The molecule has 2 aromatic rings. The fraction of sp³-hybridized carbons (Fsp3) is 0.444. The highest BCUT2D eigenvalue weighted by atomic mass is 19.1. The molecule has 0 radical (unpaired) electrons. The Balaban J connectivity index is 2.24. The highest BCUT2D eigenvalue weighted by Crippen LogP contribution is 2.38. The smallest absolute Gasteiger partial charge is 0.267 e. The number of aromatic nitrogens is 2. The molecule has 122 valence electrons. The summed E-state index contributed by atoms with van der Waals surface area (Å²) in [7, 11) is 0. The molecule has 0 spiro atoms. The van der Waals surface area contributed by atoms with Crippen LogP contribution in [0.2, 0.25) is 0 Å². The van der Waals surface area contributed by atoms with Gasteiger partial charge in [-0.15, -0.1) is 0 Å². The summed E-state index contributed by atoms with van der Waals surface area (Å²) < 4.78 is 28.5. The molecule has 1 saturated carbocycles. The van der Waals surface area contributed by atoms with Gasteiger partial charge < -0.3 is 0 Å². The first kappa shape index (κ1) is 15.8. The highest BCUT2D eigenvalue weighted by Gasteiger charge is 2.26. The Hall–Kier alpha value is -2.04. The quantitative estimate of drug-likeness (QED) is 0.831. The molecule has 1 fully saturated rings. The molecule has 5 heteroatoms. The summed E-state index contributed by atoms with van der Waals surface area (Å²) >= 11 is 0. The average Bonchev–Trinajstić information content (AvgIpc) is 2.79. The normalized spacial score (nSPS) is 16.3. The van der Waals surface area contributed by atoms with Crippen LogP contribution in [-0.4, -0.2) is 10.2 Å². The summed E-state index contributed by atoms with van der Waals surface area (Å²) in [5.74, 6) is -1.30. The van der Waals surface area contributed by atoms with Crippen molar-refractivity contribution in [1.82, 2.24) is 10.2 Å². The Bertz CT molecular complexity index is 742. The van der Waals surface area contributed by atoms with Crippen molar-refractivity contribution < 1.29 is 8.78 Å². The summed E-state index contributed by atoms with van der Waals surface area (Å²) in [6.45, 7) is 1.79. The van der Waals surface area contributed by atoms with Crippen LogP contribution in [0.25, 0.3) is 11.1 Å². The van der Waals surface area contributed by atoms with E-state index < -0.39 is 17.2 Å². The van der Waals surface area contributed by atoms with Gasteiger partial charge in [0.2, 0.25) is 0 Å². The second-order valence-corrected chi connectivity index (χ2v) is 6.21. The van der Waals surface area contributed by atoms with E-state index in [1.54, 1.807) is 6.92 Å². The van der Waals surface area contributed by atoms with Crippen molar-refractivity contribution in [3.05, 3.63) is 51.4 Å². The maximum atomic E-state index is 14.3. The molecule has 1 N–H and O–H groups in total. The molecule has 0 aliphatic heterocycles.